The van der Waals surface area contributed by atoms with Crippen LogP contribution in [0.2, 0.25) is 10.3 Å². The van der Waals surface area contributed by atoms with Crippen molar-refractivity contribution >= 4 is 28.9 Å². The van der Waals surface area contributed by atoms with Crippen molar-refractivity contribution in [1.82, 2.24) is 10.2 Å². The van der Waals surface area contributed by atoms with Crippen LogP contribution in [0.25, 0.3) is 0 Å². The summed E-state index contributed by atoms with van der Waals surface area (Å²) in [5, 5.41) is 11.4. The first-order valence-electron chi connectivity index (χ1n) is 5.57. The lowest BCUT2D eigenvalue weighted by atomic mass is 10.0. The van der Waals surface area contributed by atoms with Crippen LogP contribution >= 0.6 is 23.2 Å². The Bertz CT molecular complexity index is 396. The molecular formula is C11H15Cl2N3O. The number of hydrogen-bond donors (Lipinski definition) is 1. The fraction of sp³-hybridized carbons (Fsp3) is 0.636. The van der Waals surface area contributed by atoms with Crippen molar-refractivity contribution in [1.29, 1.82) is 0 Å². The third-order valence-corrected chi connectivity index (χ3v) is 3.63. The summed E-state index contributed by atoms with van der Waals surface area (Å²) >= 11 is 11.7. The molecule has 4 nitrogen and oxygen atoms in total. The molecular weight excluding hydrogens is 261 g/mol. The average molecular weight is 276 g/mol. The highest BCUT2D eigenvalue weighted by molar-refractivity contribution is 6.33. The maximum absolute atomic E-state index is 5.93. The van der Waals surface area contributed by atoms with E-state index in [4.69, 9.17) is 27.9 Å². The number of anilines is 1. The van der Waals surface area contributed by atoms with Gasteiger partial charge in [0.15, 0.2) is 10.3 Å². The number of nitrogens with zero attached hydrogens (tertiary/aromatic N) is 2. The first-order chi connectivity index (χ1) is 8.15. The van der Waals surface area contributed by atoms with E-state index in [9.17, 15) is 0 Å². The molecule has 1 N–H and O–H groups in total. The number of ether oxygens (including phenoxy) is 1. The predicted octanol–water partition coefficient (Wildman–Crippen LogP) is 3.01. The summed E-state index contributed by atoms with van der Waals surface area (Å²) in [6.45, 7) is 1.67. The normalized spacial score (nSPS) is 16.9. The summed E-state index contributed by atoms with van der Waals surface area (Å²) in [5.74, 6) is 0. The van der Waals surface area contributed by atoms with Gasteiger partial charge in [-0.15, -0.1) is 10.2 Å². The molecule has 6 heteroatoms. The first kappa shape index (κ1) is 12.9. The summed E-state index contributed by atoms with van der Waals surface area (Å²) in [7, 11) is 1.73. The van der Waals surface area contributed by atoms with E-state index in [2.05, 4.69) is 15.5 Å². The lowest BCUT2D eigenvalue weighted by Gasteiger charge is -2.16. The average Bonchev–Trinajstić information content (AvgIpc) is 3.09. The van der Waals surface area contributed by atoms with Gasteiger partial charge in [0.05, 0.1) is 5.69 Å². The Morgan fingerprint density at radius 2 is 2.18 bits per heavy atom. The molecule has 94 valence electrons. The summed E-state index contributed by atoms with van der Waals surface area (Å²) < 4.78 is 5.12. The van der Waals surface area contributed by atoms with Gasteiger partial charge in [-0.1, -0.05) is 23.2 Å². The molecule has 0 saturated heterocycles. The number of methoxy groups -OCH3 is 1. The van der Waals surface area contributed by atoms with Crippen molar-refractivity contribution in [2.75, 3.05) is 25.6 Å². The zero-order valence-corrected chi connectivity index (χ0v) is 11.2. The van der Waals surface area contributed by atoms with Gasteiger partial charge in [0.25, 0.3) is 0 Å². The fourth-order valence-electron chi connectivity index (χ4n) is 1.77. The molecule has 1 fully saturated rings. The van der Waals surface area contributed by atoms with Crippen LogP contribution in [0.4, 0.5) is 5.69 Å². The van der Waals surface area contributed by atoms with Crippen LogP contribution in [-0.4, -0.2) is 30.5 Å². The lowest BCUT2D eigenvalue weighted by molar-refractivity contribution is 0.175. The van der Waals surface area contributed by atoms with Crippen LogP contribution in [0.3, 0.4) is 0 Å². The standard InChI is InChI=1S/C11H15Cl2N3O/c1-17-5-4-11(2-3-11)7-14-8-6-9(12)15-16-10(8)13/h6H,2-5,7H2,1H3,(H,14,15). The summed E-state index contributed by atoms with van der Waals surface area (Å²) in [6.07, 6.45) is 3.53. The van der Waals surface area contributed by atoms with Gasteiger partial charge >= 0.3 is 0 Å². The highest BCUT2D eigenvalue weighted by atomic mass is 35.5. The van der Waals surface area contributed by atoms with Crippen molar-refractivity contribution < 1.29 is 4.74 Å². The highest BCUT2D eigenvalue weighted by Gasteiger charge is 2.41. The lowest BCUT2D eigenvalue weighted by Crippen LogP contribution is -2.17. The number of nitrogens with one attached hydrogen (secondary N) is 1. The molecule has 0 atom stereocenters. The van der Waals surface area contributed by atoms with Gasteiger partial charge in [-0.05, 0) is 24.7 Å². The zero-order valence-electron chi connectivity index (χ0n) is 9.67. The Morgan fingerprint density at radius 1 is 1.41 bits per heavy atom. The molecule has 0 radical (unpaired) electrons. The fourth-order valence-corrected chi connectivity index (χ4v) is 2.08. The summed E-state index contributed by atoms with van der Waals surface area (Å²) in [4.78, 5) is 0. The monoisotopic (exact) mass is 275 g/mol. The van der Waals surface area contributed by atoms with Gasteiger partial charge in [0.1, 0.15) is 0 Å². The van der Waals surface area contributed by atoms with Crippen LogP contribution in [-0.2, 0) is 4.74 Å². The molecule has 1 saturated carbocycles. The molecule has 0 bridgehead atoms. The Balaban J connectivity index is 1.91. The highest BCUT2D eigenvalue weighted by Crippen LogP contribution is 2.48. The number of halogens is 2. The zero-order chi connectivity index (χ0) is 12.3. The predicted molar refractivity (Wildman–Crippen MR) is 68.7 cm³/mol. The van der Waals surface area contributed by atoms with Gasteiger partial charge in [-0.25, -0.2) is 0 Å². The van der Waals surface area contributed by atoms with E-state index >= 15 is 0 Å². The number of rotatable bonds is 6. The molecule has 0 unspecified atom stereocenters. The van der Waals surface area contributed by atoms with E-state index < -0.39 is 0 Å². The number of aromatic nitrogens is 2. The Kier molecular flexibility index (Phi) is 4.07. The molecule has 1 heterocycles. The van der Waals surface area contributed by atoms with E-state index in [-0.39, 0.29) is 0 Å². The van der Waals surface area contributed by atoms with E-state index in [1.807, 2.05) is 0 Å². The quantitative estimate of drug-likeness (QED) is 0.867. The molecule has 1 aromatic heterocycles. The largest absolute Gasteiger partial charge is 0.385 e. The van der Waals surface area contributed by atoms with Crippen LogP contribution in [0.15, 0.2) is 6.07 Å². The maximum Gasteiger partial charge on any atom is 0.174 e. The Labute approximate surface area is 111 Å². The van der Waals surface area contributed by atoms with Crippen molar-refractivity contribution in [2.24, 2.45) is 5.41 Å². The first-order valence-corrected chi connectivity index (χ1v) is 6.32. The van der Waals surface area contributed by atoms with Crippen molar-refractivity contribution in [3.63, 3.8) is 0 Å². The van der Waals surface area contributed by atoms with E-state index in [1.165, 1.54) is 12.8 Å². The van der Waals surface area contributed by atoms with Crippen LogP contribution in [0, 0.1) is 5.41 Å². The molecule has 17 heavy (non-hydrogen) atoms. The van der Waals surface area contributed by atoms with Gasteiger partial charge in [-0.3, -0.25) is 0 Å². The van der Waals surface area contributed by atoms with Crippen LogP contribution in [0.1, 0.15) is 19.3 Å². The molecule has 0 spiro atoms. The molecule has 2 rings (SSSR count). The van der Waals surface area contributed by atoms with Gasteiger partial charge in [0.2, 0.25) is 0 Å². The van der Waals surface area contributed by atoms with Gasteiger partial charge in [-0.2, -0.15) is 0 Å². The SMILES string of the molecule is COCCC1(CNc2cc(Cl)nnc2Cl)CC1. The van der Waals surface area contributed by atoms with Gasteiger partial charge in [0, 0.05) is 26.3 Å². The molecule has 0 amide bonds. The van der Waals surface area contributed by atoms with E-state index in [1.54, 1.807) is 13.2 Å². The molecule has 1 aromatic rings. The van der Waals surface area contributed by atoms with Crippen LogP contribution < -0.4 is 5.32 Å². The maximum atomic E-state index is 5.93. The minimum atomic E-state index is 0.346. The van der Waals surface area contributed by atoms with Crippen molar-refractivity contribution in [2.45, 2.75) is 19.3 Å². The minimum absolute atomic E-state index is 0.346. The third-order valence-electron chi connectivity index (χ3n) is 3.17. The molecule has 1 aliphatic carbocycles. The third kappa shape index (κ3) is 3.44. The van der Waals surface area contributed by atoms with E-state index in [0.29, 0.717) is 15.7 Å². The topological polar surface area (TPSA) is 47.0 Å². The summed E-state index contributed by atoms with van der Waals surface area (Å²) in [6, 6.07) is 1.70. The second-order valence-corrected chi connectivity index (χ2v) is 5.21. The van der Waals surface area contributed by atoms with E-state index in [0.717, 1.165) is 25.3 Å². The van der Waals surface area contributed by atoms with Crippen molar-refractivity contribution in [3.8, 4) is 0 Å². The van der Waals surface area contributed by atoms with Gasteiger partial charge < -0.3 is 10.1 Å². The smallest absolute Gasteiger partial charge is 0.174 e. The molecule has 0 aliphatic heterocycles. The number of hydrogen-bond acceptors (Lipinski definition) is 4. The minimum Gasteiger partial charge on any atom is -0.385 e. The van der Waals surface area contributed by atoms with Crippen molar-refractivity contribution in [3.05, 3.63) is 16.4 Å². The second kappa shape index (κ2) is 5.38. The Morgan fingerprint density at radius 3 is 2.82 bits per heavy atom. The second-order valence-electron chi connectivity index (χ2n) is 4.47. The molecule has 1 aliphatic rings. The van der Waals surface area contributed by atoms with Crippen LogP contribution in [0.5, 0.6) is 0 Å². The molecule has 0 aromatic carbocycles. The summed E-state index contributed by atoms with van der Waals surface area (Å²) in [5.41, 5.74) is 1.10. The Hall–Kier alpha value is -0.580.